The third-order valence-electron chi connectivity index (χ3n) is 6.61. The maximum Gasteiger partial charge on any atom is 0.295 e. The van der Waals surface area contributed by atoms with E-state index in [4.69, 9.17) is 0 Å². The topological polar surface area (TPSA) is 109 Å². The molecule has 9 heteroatoms. The van der Waals surface area contributed by atoms with Crippen molar-refractivity contribution in [2.24, 2.45) is 5.92 Å². The first kappa shape index (κ1) is 25.2. The predicted molar refractivity (Wildman–Crippen MR) is 135 cm³/mol. The highest BCUT2D eigenvalue weighted by Gasteiger charge is 2.33. The highest BCUT2D eigenvalue weighted by molar-refractivity contribution is 7.99. The summed E-state index contributed by atoms with van der Waals surface area (Å²) in [6.45, 7) is 5.77. The molecule has 4 rings (SSSR count). The molecule has 1 aliphatic rings. The smallest absolute Gasteiger partial charge is 0.282 e. The molecule has 0 aromatic heterocycles. The van der Waals surface area contributed by atoms with E-state index < -0.39 is 20.2 Å². The minimum absolute atomic E-state index is 0.0437. The van der Waals surface area contributed by atoms with E-state index in [0.29, 0.717) is 34.9 Å². The predicted octanol–water partition coefficient (Wildman–Crippen LogP) is 5.66. The molecule has 34 heavy (non-hydrogen) atoms. The summed E-state index contributed by atoms with van der Waals surface area (Å²) in [5.41, 5.74) is 2.61. The van der Waals surface area contributed by atoms with Gasteiger partial charge in [-0.1, -0.05) is 38.1 Å². The van der Waals surface area contributed by atoms with Crippen LogP contribution in [-0.2, 0) is 33.1 Å². The van der Waals surface area contributed by atoms with Crippen molar-refractivity contribution in [2.75, 3.05) is 5.75 Å². The molecule has 0 amide bonds. The van der Waals surface area contributed by atoms with Crippen molar-refractivity contribution in [3.05, 3.63) is 64.7 Å². The average Bonchev–Trinajstić information content (AvgIpc) is 2.75. The van der Waals surface area contributed by atoms with Crippen molar-refractivity contribution < 1.29 is 25.9 Å². The van der Waals surface area contributed by atoms with Gasteiger partial charge in [0.15, 0.2) is 0 Å². The van der Waals surface area contributed by atoms with Crippen molar-refractivity contribution in [1.82, 2.24) is 0 Å². The molecule has 0 saturated carbocycles. The van der Waals surface area contributed by atoms with Gasteiger partial charge < -0.3 is 0 Å². The molecule has 182 valence electrons. The van der Waals surface area contributed by atoms with E-state index in [1.54, 1.807) is 23.9 Å². The Hall–Kier alpha value is -1.91. The molecule has 0 unspecified atom stereocenters. The van der Waals surface area contributed by atoms with Crippen LogP contribution in [0.2, 0.25) is 0 Å². The fraction of sp³-hybridized carbons (Fsp3) is 0.360. The van der Waals surface area contributed by atoms with E-state index in [1.165, 1.54) is 17.9 Å². The molecule has 0 saturated heterocycles. The fourth-order valence-electron chi connectivity index (χ4n) is 5.04. The van der Waals surface area contributed by atoms with Crippen LogP contribution in [-0.4, -0.2) is 31.7 Å². The number of benzene rings is 3. The second kappa shape index (κ2) is 9.28. The lowest BCUT2D eigenvalue weighted by atomic mass is 9.72. The number of hydrogen-bond acceptors (Lipinski definition) is 5. The molecule has 0 heterocycles. The summed E-state index contributed by atoms with van der Waals surface area (Å²) in [5, 5.41) is 0.689. The van der Waals surface area contributed by atoms with Crippen LogP contribution in [0.15, 0.2) is 57.2 Å². The second-order valence-electron chi connectivity index (χ2n) is 9.00. The lowest BCUT2D eigenvalue weighted by molar-refractivity contribution is 0.422. The SMILES string of the molecule is CCCSc1ccc([C@H]2Cc3c(S(=O)(=O)O)cc4c(S(=O)(=O)O)c(C)ccc4c3C[C@H]2C)cc1. The van der Waals surface area contributed by atoms with Crippen LogP contribution in [0.5, 0.6) is 0 Å². The molecular formula is C25H28O6S3. The van der Waals surface area contributed by atoms with Gasteiger partial charge in [0.05, 0.1) is 4.90 Å². The second-order valence-corrected chi connectivity index (χ2v) is 12.9. The van der Waals surface area contributed by atoms with Gasteiger partial charge in [-0.25, -0.2) is 0 Å². The molecule has 6 nitrogen and oxygen atoms in total. The monoisotopic (exact) mass is 520 g/mol. The molecule has 0 fully saturated rings. The molecule has 3 aromatic rings. The summed E-state index contributed by atoms with van der Waals surface area (Å²) in [5.74, 6) is 1.24. The van der Waals surface area contributed by atoms with E-state index in [2.05, 4.69) is 38.1 Å². The van der Waals surface area contributed by atoms with Gasteiger partial charge in [0.2, 0.25) is 0 Å². The molecule has 1 aliphatic carbocycles. The van der Waals surface area contributed by atoms with Gasteiger partial charge in [0.25, 0.3) is 20.2 Å². The Labute approximate surface area is 205 Å². The zero-order valence-electron chi connectivity index (χ0n) is 19.3. The van der Waals surface area contributed by atoms with Gasteiger partial charge in [0, 0.05) is 10.3 Å². The summed E-state index contributed by atoms with van der Waals surface area (Å²) >= 11 is 1.79. The highest BCUT2D eigenvalue weighted by Crippen LogP contribution is 2.44. The quantitative estimate of drug-likeness (QED) is 0.319. The van der Waals surface area contributed by atoms with E-state index in [9.17, 15) is 25.9 Å². The number of hydrogen-bond donors (Lipinski definition) is 2. The molecular weight excluding hydrogens is 492 g/mol. The van der Waals surface area contributed by atoms with Gasteiger partial charge >= 0.3 is 0 Å². The standard InChI is InChI=1S/C25H28O6S3/c1-4-11-32-18-8-6-17(7-9-18)20-13-22-21(12-16(20)3)19-10-5-15(2)25(34(29,30)31)23(19)14-24(22)33(26,27)28/h5-10,14,16,20H,4,11-13H2,1-3H3,(H,26,27,28)(H,29,30,31)/t16-,20+/m1/s1. The Morgan fingerprint density at radius 2 is 1.59 bits per heavy atom. The van der Waals surface area contributed by atoms with Crippen LogP contribution in [0.1, 0.15) is 48.4 Å². The molecule has 2 N–H and O–H groups in total. The van der Waals surface area contributed by atoms with E-state index in [0.717, 1.165) is 17.7 Å². The summed E-state index contributed by atoms with van der Waals surface area (Å²) in [6, 6.07) is 12.9. The molecule has 0 bridgehead atoms. The Balaban J connectivity index is 1.89. The first-order valence-corrected chi connectivity index (χ1v) is 15.0. The first-order chi connectivity index (χ1) is 15.9. The van der Waals surface area contributed by atoms with Gasteiger partial charge in [-0.2, -0.15) is 16.8 Å². The molecule has 0 spiro atoms. The van der Waals surface area contributed by atoms with Crippen LogP contribution in [0.25, 0.3) is 10.8 Å². The third-order valence-corrected chi connectivity index (χ3v) is 9.80. The van der Waals surface area contributed by atoms with Crippen molar-refractivity contribution in [1.29, 1.82) is 0 Å². The number of rotatable bonds is 6. The van der Waals surface area contributed by atoms with Gasteiger partial charge in [0.1, 0.15) is 4.90 Å². The van der Waals surface area contributed by atoms with Crippen LogP contribution in [0.3, 0.4) is 0 Å². The number of thioether (sulfide) groups is 1. The third kappa shape index (κ3) is 4.77. The summed E-state index contributed by atoms with van der Waals surface area (Å²) < 4.78 is 69.0. The Kier molecular flexibility index (Phi) is 6.87. The van der Waals surface area contributed by atoms with Gasteiger partial charge in [-0.15, -0.1) is 11.8 Å². The lowest BCUT2D eigenvalue weighted by Crippen LogP contribution is -2.24. The van der Waals surface area contributed by atoms with Gasteiger partial charge in [-0.05, 0) is 89.6 Å². The van der Waals surface area contributed by atoms with Crippen molar-refractivity contribution in [2.45, 2.75) is 60.6 Å². The zero-order valence-corrected chi connectivity index (χ0v) is 21.7. The minimum atomic E-state index is -4.63. The van der Waals surface area contributed by atoms with Crippen LogP contribution >= 0.6 is 11.8 Å². The van der Waals surface area contributed by atoms with Crippen molar-refractivity contribution in [3.8, 4) is 0 Å². The molecule has 3 aromatic carbocycles. The fourth-order valence-corrected chi connectivity index (χ4v) is 7.51. The molecule has 0 radical (unpaired) electrons. The maximum atomic E-state index is 12.4. The van der Waals surface area contributed by atoms with Crippen molar-refractivity contribution in [3.63, 3.8) is 0 Å². The number of fused-ring (bicyclic) bond motifs is 3. The average molecular weight is 521 g/mol. The van der Waals surface area contributed by atoms with Gasteiger partial charge in [-0.3, -0.25) is 9.11 Å². The minimum Gasteiger partial charge on any atom is -0.282 e. The zero-order chi connectivity index (χ0) is 24.8. The number of aryl methyl sites for hydroxylation is 1. The Morgan fingerprint density at radius 3 is 2.18 bits per heavy atom. The van der Waals surface area contributed by atoms with Crippen LogP contribution < -0.4 is 0 Å². The molecule has 0 aliphatic heterocycles. The Morgan fingerprint density at radius 1 is 0.912 bits per heavy atom. The van der Waals surface area contributed by atoms with E-state index >= 15 is 0 Å². The first-order valence-electron chi connectivity index (χ1n) is 11.2. The molecule has 2 atom stereocenters. The van der Waals surface area contributed by atoms with Crippen LogP contribution in [0, 0.1) is 12.8 Å². The summed E-state index contributed by atoms with van der Waals surface area (Å²) in [4.78, 5) is 0.567. The van der Waals surface area contributed by atoms with Crippen molar-refractivity contribution >= 4 is 42.8 Å². The normalized spacial score (nSPS) is 18.7. The summed E-state index contributed by atoms with van der Waals surface area (Å²) in [7, 11) is -9.24. The van der Waals surface area contributed by atoms with E-state index in [-0.39, 0.29) is 27.0 Å². The lowest BCUT2D eigenvalue weighted by Gasteiger charge is -2.33. The van der Waals surface area contributed by atoms with Crippen LogP contribution in [0.4, 0.5) is 0 Å². The maximum absolute atomic E-state index is 12.4. The summed E-state index contributed by atoms with van der Waals surface area (Å²) in [6.07, 6.45) is 2.01. The van der Waals surface area contributed by atoms with E-state index in [1.807, 2.05) is 0 Å². The largest absolute Gasteiger partial charge is 0.295 e. The highest BCUT2D eigenvalue weighted by atomic mass is 32.2. The Bertz CT molecular complexity index is 1460.